The molecule has 1 rings (SSSR count). The van der Waals surface area contributed by atoms with Crippen LogP contribution < -0.4 is 5.73 Å². The highest BCUT2D eigenvalue weighted by atomic mass is 15.2. The Morgan fingerprint density at radius 3 is 1.95 bits per heavy atom. The molecule has 0 aliphatic heterocycles. The van der Waals surface area contributed by atoms with Crippen LogP contribution in [0.3, 0.4) is 0 Å². The number of nitrogens with two attached hydrogens (primary N) is 1. The molecule has 0 aromatic heterocycles. The summed E-state index contributed by atoms with van der Waals surface area (Å²) >= 11 is 0. The number of hydrogen-bond donors (Lipinski definition) is 1. The Morgan fingerprint density at radius 2 is 1.53 bits per heavy atom. The largest absolute Gasteiger partial charge is 0.326 e. The summed E-state index contributed by atoms with van der Waals surface area (Å²) < 4.78 is 0. The van der Waals surface area contributed by atoms with Crippen molar-refractivity contribution >= 4 is 0 Å². The molecule has 0 bridgehead atoms. The minimum absolute atomic E-state index is 0.163. The quantitative estimate of drug-likeness (QED) is 0.729. The van der Waals surface area contributed by atoms with Crippen LogP contribution in [0.25, 0.3) is 0 Å². The fraction of sp³-hybridized carbons (Fsp3) is 0.647. The molecule has 108 valence electrons. The molecule has 2 nitrogen and oxygen atoms in total. The van der Waals surface area contributed by atoms with Gasteiger partial charge in [0.15, 0.2) is 0 Å². The topological polar surface area (TPSA) is 29.3 Å². The third-order valence-electron chi connectivity index (χ3n) is 3.63. The van der Waals surface area contributed by atoms with Gasteiger partial charge in [0.1, 0.15) is 0 Å². The van der Waals surface area contributed by atoms with Crippen LogP contribution >= 0.6 is 0 Å². The molecular formula is C17H30N2. The van der Waals surface area contributed by atoms with E-state index in [9.17, 15) is 0 Å². The third kappa shape index (κ3) is 5.33. The summed E-state index contributed by atoms with van der Waals surface area (Å²) in [5.74, 6) is 0. The summed E-state index contributed by atoms with van der Waals surface area (Å²) in [6.07, 6.45) is 4.98. The Labute approximate surface area is 119 Å². The molecular weight excluding hydrogens is 232 g/mol. The van der Waals surface area contributed by atoms with Crippen molar-refractivity contribution in [1.29, 1.82) is 0 Å². The molecule has 1 aromatic carbocycles. The second-order valence-corrected chi connectivity index (χ2v) is 5.46. The van der Waals surface area contributed by atoms with Crippen LogP contribution in [0.4, 0.5) is 0 Å². The van der Waals surface area contributed by atoms with E-state index in [2.05, 4.69) is 56.0 Å². The molecule has 2 N–H and O–H groups in total. The standard InChI is InChI=1S/C17H30N2/c1-4-6-13-19(14-7-5-2)17(15(3)18)16-11-9-8-10-12-16/h8-12,15,17H,4-7,13-14,18H2,1-3H3. The molecule has 0 aliphatic carbocycles. The minimum Gasteiger partial charge on any atom is -0.326 e. The van der Waals surface area contributed by atoms with E-state index in [1.807, 2.05) is 0 Å². The van der Waals surface area contributed by atoms with Gasteiger partial charge in [-0.05, 0) is 38.4 Å². The average molecular weight is 262 g/mol. The van der Waals surface area contributed by atoms with Crippen LogP contribution in [0.15, 0.2) is 30.3 Å². The van der Waals surface area contributed by atoms with E-state index >= 15 is 0 Å². The maximum Gasteiger partial charge on any atom is 0.0496 e. The Bertz CT molecular complexity index is 313. The lowest BCUT2D eigenvalue weighted by molar-refractivity contribution is 0.171. The van der Waals surface area contributed by atoms with Gasteiger partial charge in [-0.2, -0.15) is 0 Å². The molecule has 0 amide bonds. The minimum atomic E-state index is 0.163. The van der Waals surface area contributed by atoms with Crippen molar-refractivity contribution < 1.29 is 0 Å². The fourth-order valence-corrected chi connectivity index (χ4v) is 2.61. The van der Waals surface area contributed by atoms with E-state index in [0.717, 1.165) is 13.1 Å². The van der Waals surface area contributed by atoms with Crippen LogP contribution in [0.1, 0.15) is 58.1 Å². The SMILES string of the molecule is CCCCN(CCCC)C(c1ccccc1)C(C)N. The summed E-state index contributed by atoms with van der Waals surface area (Å²) in [5.41, 5.74) is 7.62. The molecule has 0 aliphatic rings. The van der Waals surface area contributed by atoms with Gasteiger partial charge in [-0.25, -0.2) is 0 Å². The normalized spacial score (nSPS) is 14.6. The van der Waals surface area contributed by atoms with E-state index in [-0.39, 0.29) is 6.04 Å². The monoisotopic (exact) mass is 262 g/mol. The maximum absolute atomic E-state index is 6.27. The van der Waals surface area contributed by atoms with Gasteiger partial charge in [-0.3, -0.25) is 4.90 Å². The zero-order valence-corrected chi connectivity index (χ0v) is 12.8. The Balaban J connectivity index is 2.84. The van der Waals surface area contributed by atoms with Crippen molar-refractivity contribution in [3.05, 3.63) is 35.9 Å². The molecule has 0 heterocycles. The van der Waals surface area contributed by atoms with Gasteiger partial charge in [-0.15, -0.1) is 0 Å². The molecule has 0 fully saturated rings. The summed E-state index contributed by atoms with van der Waals surface area (Å²) in [6, 6.07) is 11.2. The Morgan fingerprint density at radius 1 is 1.00 bits per heavy atom. The van der Waals surface area contributed by atoms with Crippen LogP contribution in [0.2, 0.25) is 0 Å². The second-order valence-electron chi connectivity index (χ2n) is 5.46. The van der Waals surface area contributed by atoms with E-state index in [1.54, 1.807) is 0 Å². The predicted molar refractivity (Wildman–Crippen MR) is 84.2 cm³/mol. The summed E-state index contributed by atoms with van der Waals surface area (Å²) in [4.78, 5) is 2.58. The molecule has 0 spiro atoms. The molecule has 2 heteroatoms. The fourth-order valence-electron chi connectivity index (χ4n) is 2.61. The van der Waals surface area contributed by atoms with Crippen molar-refractivity contribution in [3.8, 4) is 0 Å². The highest BCUT2D eigenvalue weighted by molar-refractivity contribution is 5.20. The zero-order valence-electron chi connectivity index (χ0n) is 12.8. The smallest absolute Gasteiger partial charge is 0.0496 e. The van der Waals surface area contributed by atoms with Gasteiger partial charge in [-0.1, -0.05) is 57.0 Å². The lowest BCUT2D eigenvalue weighted by Crippen LogP contribution is -2.40. The molecule has 19 heavy (non-hydrogen) atoms. The van der Waals surface area contributed by atoms with Crippen molar-refractivity contribution in [2.24, 2.45) is 5.73 Å². The van der Waals surface area contributed by atoms with Crippen molar-refractivity contribution in [2.45, 2.75) is 58.5 Å². The lowest BCUT2D eigenvalue weighted by atomic mass is 9.98. The average Bonchev–Trinajstić information content (AvgIpc) is 2.42. The van der Waals surface area contributed by atoms with Crippen molar-refractivity contribution in [1.82, 2.24) is 4.90 Å². The molecule has 0 radical (unpaired) electrons. The molecule has 0 saturated heterocycles. The number of rotatable bonds is 9. The van der Waals surface area contributed by atoms with E-state index in [4.69, 9.17) is 5.73 Å². The summed E-state index contributed by atoms with van der Waals surface area (Å²) in [6.45, 7) is 8.93. The third-order valence-corrected chi connectivity index (χ3v) is 3.63. The van der Waals surface area contributed by atoms with Gasteiger partial charge in [0, 0.05) is 12.1 Å². The highest BCUT2D eigenvalue weighted by Crippen LogP contribution is 2.24. The first-order valence-electron chi connectivity index (χ1n) is 7.75. The van der Waals surface area contributed by atoms with Gasteiger partial charge < -0.3 is 5.73 Å². The van der Waals surface area contributed by atoms with Gasteiger partial charge >= 0.3 is 0 Å². The maximum atomic E-state index is 6.27. The first-order valence-corrected chi connectivity index (χ1v) is 7.75. The van der Waals surface area contributed by atoms with E-state index in [1.165, 1.54) is 31.2 Å². The molecule has 1 aromatic rings. The Hall–Kier alpha value is -0.860. The Kier molecular flexibility index (Phi) is 7.76. The first-order chi connectivity index (χ1) is 9.20. The van der Waals surface area contributed by atoms with E-state index in [0.29, 0.717) is 6.04 Å². The number of hydrogen-bond acceptors (Lipinski definition) is 2. The molecule has 0 saturated carbocycles. The summed E-state index contributed by atoms with van der Waals surface area (Å²) in [7, 11) is 0. The predicted octanol–water partition coefficient (Wildman–Crippen LogP) is 3.98. The van der Waals surface area contributed by atoms with Crippen molar-refractivity contribution in [2.75, 3.05) is 13.1 Å². The van der Waals surface area contributed by atoms with Crippen LogP contribution in [-0.2, 0) is 0 Å². The van der Waals surface area contributed by atoms with E-state index < -0.39 is 0 Å². The molecule has 2 atom stereocenters. The number of unbranched alkanes of at least 4 members (excludes halogenated alkanes) is 2. The van der Waals surface area contributed by atoms with Crippen LogP contribution in [0.5, 0.6) is 0 Å². The number of benzene rings is 1. The van der Waals surface area contributed by atoms with Crippen LogP contribution in [-0.4, -0.2) is 24.0 Å². The van der Waals surface area contributed by atoms with Gasteiger partial charge in [0.25, 0.3) is 0 Å². The summed E-state index contributed by atoms with van der Waals surface area (Å²) in [5, 5.41) is 0. The van der Waals surface area contributed by atoms with Gasteiger partial charge in [0.2, 0.25) is 0 Å². The molecule has 2 unspecified atom stereocenters. The first kappa shape index (κ1) is 16.2. The zero-order chi connectivity index (χ0) is 14.1. The lowest BCUT2D eigenvalue weighted by Gasteiger charge is -2.34. The van der Waals surface area contributed by atoms with Crippen LogP contribution in [0, 0.1) is 0 Å². The highest BCUT2D eigenvalue weighted by Gasteiger charge is 2.22. The second kappa shape index (κ2) is 9.11. The number of nitrogens with zero attached hydrogens (tertiary/aromatic N) is 1. The van der Waals surface area contributed by atoms with Crippen molar-refractivity contribution in [3.63, 3.8) is 0 Å². The van der Waals surface area contributed by atoms with Gasteiger partial charge in [0.05, 0.1) is 0 Å².